The molecule has 0 fully saturated rings. The van der Waals surface area contributed by atoms with E-state index in [9.17, 15) is 9.59 Å². The lowest BCUT2D eigenvalue weighted by atomic mass is 10.1. The normalized spacial score (nSPS) is 10.6. The molecule has 84 valence electrons. The van der Waals surface area contributed by atoms with E-state index in [1.165, 1.54) is 13.0 Å². The number of carbonyl (C=O) groups excluding carboxylic acids is 1. The minimum absolute atomic E-state index is 0.0151. The third kappa shape index (κ3) is 3.87. The standard InChI is InChI=1S/C12H11ClO3/c1-8(14)6-10-7-9(2-4-11(10)13)3-5-12(15)16/h2-5,7H,6H2,1H3,(H,15,16)/b5-3+. The summed E-state index contributed by atoms with van der Waals surface area (Å²) >= 11 is 5.91. The molecule has 0 aliphatic heterocycles. The van der Waals surface area contributed by atoms with Crippen LogP contribution < -0.4 is 0 Å². The molecule has 0 spiro atoms. The second-order valence-corrected chi connectivity index (χ2v) is 3.81. The first kappa shape index (κ1) is 12.5. The topological polar surface area (TPSA) is 54.4 Å². The van der Waals surface area contributed by atoms with Crippen molar-refractivity contribution in [3.05, 3.63) is 40.4 Å². The minimum Gasteiger partial charge on any atom is -0.478 e. The van der Waals surface area contributed by atoms with E-state index in [-0.39, 0.29) is 12.2 Å². The van der Waals surface area contributed by atoms with E-state index < -0.39 is 5.97 Å². The van der Waals surface area contributed by atoms with Gasteiger partial charge in [0, 0.05) is 17.5 Å². The van der Waals surface area contributed by atoms with Crippen LogP contribution in [0.15, 0.2) is 24.3 Å². The Morgan fingerprint density at radius 3 is 2.69 bits per heavy atom. The molecule has 0 aromatic heterocycles. The zero-order valence-corrected chi connectivity index (χ0v) is 9.49. The molecule has 3 nitrogen and oxygen atoms in total. The summed E-state index contributed by atoms with van der Waals surface area (Å²) in [7, 11) is 0. The van der Waals surface area contributed by atoms with Gasteiger partial charge in [-0.2, -0.15) is 0 Å². The fourth-order valence-electron chi connectivity index (χ4n) is 1.27. The van der Waals surface area contributed by atoms with Gasteiger partial charge in [0.05, 0.1) is 0 Å². The van der Waals surface area contributed by atoms with Gasteiger partial charge >= 0.3 is 5.97 Å². The molecule has 0 saturated heterocycles. The van der Waals surface area contributed by atoms with Crippen LogP contribution in [0.25, 0.3) is 6.08 Å². The predicted octanol–water partition coefficient (Wildman–Crippen LogP) is 2.57. The number of benzene rings is 1. The van der Waals surface area contributed by atoms with Crippen LogP contribution in [0, 0.1) is 0 Å². The maximum atomic E-state index is 11.0. The van der Waals surface area contributed by atoms with Gasteiger partial charge < -0.3 is 5.11 Å². The third-order valence-corrected chi connectivity index (χ3v) is 2.30. The molecule has 1 N–H and O–H groups in total. The summed E-state index contributed by atoms with van der Waals surface area (Å²) in [6.07, 6.45) is 2.76. The van der Waals surface area contributed by atoms with Crippen LogP contribution in [-0.2, 0) is 16.0 Å². The van der Waals surface area contributed by atoms with E-state index >= 15 is 0 Å². The number of rotatable bonds is 4. The van der Waals surface area contributed by atoms with Gasteiger partial charge in [0.2, 0.25) is 0 Å². The summed E-state index contributed by atoms with van der Waals surface area (Å²) in [6, 6.07) is 5.07. The molecule has 0 aliphatic rings. The molecule has 0 amide bonds. The highest BCUT2D eigenvalue weighted by Crippen LogP contribution is 2.19. The Bertz CT molecular complexity index is 450. The number of hydrogen-bond donors (Lipinski definition) is 1. The zero-order valence-electron chi connectivity index (χ0n) is 8.74. The Morgan fingerprint density at radius 2 is 2.12 bits per heavy atom. The SMILES string of the molecule is CC(=O)Cc1cc(/C=C/C(=O)O)ccc1Cl. The molecule has 0 aliphatic carbocycles. The minimum atomic E-state index is -1.01. The van der Waals surface area contributed by atoms with Crippen molar-refractivity contribution < 1.29 is 14.7 Å². The molecule has 1 aromatic carbocycles. The van der Waals surface area contributed by atoms with E-state index in [0.717, 1.165) is 6.08 Å². The highest BCUT2D eigenvalue weighted by Gasteiger charge is 2.03. The van der Waals surface area contributed by atoms with Gasteiger partial charge in [0.1, 0.15) is 5.78 Å². The lowest BCUT2D eigenvalue weighted by Crippen LogP contribution is -1.97. The highest BCUT2D eigenvalue weighted by atomic mass is 35.5. The number of hydrogen-bond acceptors (Lipinski definition) is 2. The van der Waals surface area contributed by atoms with Crippen molar-refractivity contribution in [2.45, 2.75) is 13.3 Å². The summed E-state index contributed by atoms with van der Waals surface area (Å²) < 4.78 is 0. The molecular formula is C12H11ClO3. The number of carboxylic acid groups (broad SMARTS) is 1. The molecular weight excluding hydrogens is 228 g/mol. The van der Waals surface area contributed by atoms with Crippen molar-refractivity contribution in [2.75, 3.05) is 0 Å². The van der Waals surface area contributed by atoms with Crippen LogP contribution >= 0.6 is 11.6 Å². The number of ketones is 1. The van der Waals surface area contributed by atoms with E-state index in [4.69, 9.17) is 16.7 Å². The first-order valence-corrected chi connectivity index (χ1v) is 5.05. The predicted molar refractivity (Wildman–Crippen MR) is 62.5 cm³/mol. The fraction of sp³-hybridized carbons (Fsp3) is 0.167. The average molecular weight is 239 g/mol. The number of carboxylic acids is 1. The van der Waals surface area contributed by atoms with Crippen molar-refractivity contribution in [1.82, 2.24) is 0 Å². The second-order valence-electron chi connectivity index (χ2n) is 3.40. The number of aliphatic carboxylic acids is 1. The van der Waals surface area contributed by atoms with Crippen molar-refractivity contribution >= 4 is 29.4 Å². The Kier molecular flexibility index (Phi) is 4.26. The number of halogens is 1. The van der Waals surface area contributed by atoms with Crippen LogP contribution in [0.2, 0.25) is 5.02 Å². The van der Waals surface area contributed by atoms with Gasteiger partial charge in [-0.05, 0) is 36.3 Å². The van der Waals surface area contributed by atoms with Gasteiger partial charge in [-0.25, -0.2) is 4.79 Å². The Morgan fingerprint density at radius 1 is 1.44 bits per heavy atom. The molecule has 0 heterocycles. The van der Waals surface area contributed by atoms with Crippen molar-refractivity contribution in [3.63, 3.8) is 0 Å². The van der Waals surface area contributed by atoms with Crippen molar-refractivity contribution in [3.8, 4) is 0 Å². The Balaban J connectivity index is 2.97. The summed E-state index contributed by atoms with van der Waals surface area (Å²) in [5.41, 5.74) is 1.42. The number of carbonyl (C=O) groups is 2. The summed E-state index contributed by atoms with van der Waals surface area (Å²) in [6.45, 7) is 1.48. The number of Topliss-reactive ketones (excluding diaryl/α,β-unsaturated/α-hetero) is 1. The lowest BCUT2D eigenvalue weighted by molar-refractivity contribution is -0.131. The quantitative estimate of drug-likeness (QED) is 0.821. The molecule has 16 heavy (non-hydrogen) atoms. The van der Waals surface area contributed by atoms with Crippen LogP contribution in [0.1, 0.15) is 18.1 Å². The molecule has 0 bridgehead atoms. The van der Waals surface area contributed by atoms with Crippen LogP contribution in [0.4, 0.5) is 0 Å². The average Bonchev–Trinajstić information content (AvgIpc) is 2.18. The van der Waals surface area contributed by atoms with Gasteiger partial charge in [0.25, 0.3) is 0 Å². The highest BCUT2D eigenvalue weighted by molar-refractivity contribution is 6.31. The van der Waals surface area contributed by atoms with Crippen molar-refractivity contribution in [1.29, 1.82) is 0 Å². The fourth-order valence-corrected chi connectivity index (χ4v) is 1.45. The first-order valence-electron chi connectivity index (χ1n) is 4.68. The molecule has 4 heteroatoms. The third-order valence-electron chi connectivity index (χ3n) is 1.93. The van der Waals surface area contributed by atoms with E-state index in [2.05, 4.69) is 0 Å². The van der Waals surface area contributed by atoms with Crippen molar-refractivity contribution in [2.24, 2.45) is 0 Å². The maximum Gasteiger partial charge on any atom is 0.328 e. The molecule has 0 unspecified atom stereocenters. The summed E-state index contributed by atoms with van der Waals surface area (Å²) in [4.78, 5) is 21.3. The van der Waals surface area contributed by atoms with Crippen LogP contribution in [0.5, 0.6) is 0 Å². The van der Waals surface area contributed by atoms with Gasteiger partial charge in [-0.3, -0.25) is 4.79 Å². The van der Waals surface area contributed by atoms with Crippen LogP contribution in [0.3, 0.4) is 0 Å². The van der Waals surface area contributed by atoms with E-state index in [0.29, 0.717) is 16.1 Å². The Hall–Kier alpha value is -1.61. The summed E-state index contributed by atoms with van der Waals surface area (Å²) in [5, 5.41) is 8.99. The van der Waals surface area contributed by atoms with Crippen LogP contribution in [-0.4, -0.2) is 16.9 Å². The van der Waals surface area contributed by atoms with Gasteiger partial charge in [0.15, 0.2) is 0 Å². The summed E-state index contributed by atoms with van der Waals surface area (Å²) in [5.74, 6) is -0.996. The monoisotopic (exact) mass is 238 g/mol. The Labute approximate surface area is 98.4 Å². The van der Waals surface area contributed by atoms with E-state index in [1.54, 1.807) is 18.2 Å². The lowest BCUT2D eigenvalue weighted by Gasteiger charge is -2.03. The molecule has 0 radical (unpaired) electrons. The van der Waals surface area contributed by atoms with Gasteiger partial charge in [-0.1, -0.05) is 17.7 Å². The molecule has 0 atom stereocenters. The zero-order chi connectivity index (χ0) is 12.1. The van der Waals surface area contributed by atoms with Gasteiger partial charge in [-0.15, -0.1) is 0 Å². The smallest absolute Gasteiger partial charge is 0.328 e. The molecule has 1 aromatic rings. The first-order chi connectivity index (χ1) is 7.49. The molecule has 0 saturated carbocycles. The maximum absolute atomic E-state index is 11.0. The van der Waals surface area contributed by atoms with E-state index in [1.807, 2.05) is 0 Å². The largest absolute Gasteiger partial charge is 0.478 e. The second kappa shape index (κ2) is 5.47. The molecule has 1 rings (SSSR count).